The van der Waals surface area contributed by atoms with E-state index in [1.54, 1.807) is 0 Å². The largest absolute Gasteiger partial charge is 0.748 e. The Bertz CT molecular complexity index is 1560. The lowest BCUT2D eigenvalue weighted by atomic mass is 10.0. The molecule has 49 heavy (non-hydrogen) atoms. The van der Waals surface area contributed by atoms with Crippen molar-refractivity contribution in [1.82, 2.24) is 0 Å². The van der Waals surface area contributed by atoms with Gasteiger partial charge in [-0.25, -0.2) is 26.0 Å². The maximum Gasteiger partial charge on any atom is 0.218 e. The van der Waals surface area contributed by atoms with Crippen LogP contribution >= 0.6 is 0 Å². The number of benzene rings is 2. The summed E-state index contributed by atoms with van der Waals surface area (Å²) in [7, 11) is -8.93. The third-order valence-corrected chi connectivity index (χ3v) is 11.1. The van der Waals surface area contributed by atoms with Gasteiger partial charge < -0.3 is 9.11 Å². The minimum atomic E-state index is -4.68. The molecule has 9 nitrogen and oxygen atoms in total. The fourth-order valence-corrected chi connectivity index (χ4v) is 7.93. The summed E-state index contributed by atoms with van der Waals surface area (Å²) in [4.78, 5) is 0. The summed E-state index contributed by atoms with van der Waals surface area (Å²) in [5, 5.41) is -0.801. The molecule has 2 aliphatic heterocycles. The Morgan fingerprint density at radius 3 is 1.57 bits per heavy atom. The molecule has 2 aromatic rings. The van der Waals surface area contributed by atoms with Crippen LogP contribution in [0.15, 0.2) is 48.5 Å². The topological polar surface area (TPSA) is 130 Å². The second-order valence-electron chi connectivity index (χ2n) is 13.5. The highest BCUT2D eigenvalue weighted by Crippen LogP contribution is 2.17. The molecule has 0 aromatic heterocycles. The molecule has 11 heteroatoms. The van der Waals surface area contributed by atoms with Crippen LogP contribution in [0.2, 0.25) is 0 Å². The summed E-state index contributed by atoms with van der Waals surface area (Å²) < 4.78 is 76.9. The van der Waals surface area contributed by atoms with Gasteiger partial charge in [0.1, 0.15) is 34.6 Å². The summed E-state index contributed by atoms with van der Waals surface area (Å²) in [5.41, 5.74) is 4.86. The summed E-state index contributed by atoms with van der Waals surface area (Å²) in [5.74, 6) is 0. The SMILES string of the molecule is CCCCCCCCC(C[N+]1=Cc2ccccc2CC1)OS(=O)(=O)[O-].CCCCCCCCC(C[N+]1=Cc2ccccc2CC1)S(=O)(=O)[O-]. The number of hydrogen-bond donors (Lipinski definition) is 0. The van der Waals surface area contributed by atoms with Crippen molar-refractivity contribution in [3.05, 3.63) is 70.8 Å². The zero-order valence-electron chi connectivity index (χ0n) is 29.6. The van der Waals surface area contributed by atoms with Crippen LogP contribution in [-0.2, 0) is 37.5 Å². The van der Waals surface area contributed by atoms with Gasteiger partial charge in [-0.1, -0.05) is 127 Å². The second kappa shape index (κ2) is 21.7. The molecule has 0 fully saturated rings. The van der Waals surface area contributed by atoms with E-state index in [1.165, 1.54) is 49.7 Å². The molecule has 4 rings (SSSR count). The van der Waals surface area contributed by atoms with Crippen molar-refractivity contribution >= 4 is 32.9 Å². The van der Waals surface area contributed by atoms with Gasteiger partial charge in [-0.2, -0.15) is 0 Å². The summed E-state index contributed by atoms with van der Waals surface area (Å²) in [6.45, 7) is 6.69. The lowest BCUT2D eigenvalue weighted by Gasteiger charge is -2.21. The van der Waals surface area contributed by atoms with E-state index in [2.05, 4.69) is 36.6 Å². The van der Waals surface area contributed by atoms with Crippen molar-refractivity contribution in [2.75, 3.05) is 26.2 Å². The van der Waals surface area contributed by atoms with E-state index in [4.69, 9.17) is 4.18 Å². The molecule has 0 saturated heterocycles. The zero-order chi connectivity index (χ0) is 35.5. The molecule has 2 aromatic carbocycles. The van der Waals surface area contributed by atoms with E-state index in [-0.39, 0.29) is 0 Å². The Kier molecular flexibility index (Phi) is 18.2. The fraction of sp³-hybridized carbons (Fsp3) is 0.632. The van der Waals surface area contributed by atoms with E-state index < -0.39 is 31.9 Å². The van der Waals surface area contributed by atoms with Crippen LogP contribution in [0.1, 0.15) is 126 Å². The van der Waals surface area contributed by atoms with Crippen LogP contribution in [0.25, 0.3) is 0 Å². The lowest BCUT2D eigenvalue weighted by molar-refractivity contribution is -0.531. The number of fused-ring (bicyclic) bond motifs is 2. The van der Waals surface area contributed by atoms with E-state index in [9.17, 15) is 25.9 Å². The predicted molar refractivity (Wildman–Crippen MR) is 195 cm³/mol. The zero-order valence-corrected chi connectivity index (χ0v) is 31.3. The third kappa shape index (κ3) is 16.4. The highest BCUT2D eigenvalue weighted by atomic mass is 32.3. The maximum absolute atomic E-state index is 11.6. The molecule has 2 heterocycles. The highest BCUT2D eigenvalue weighted by Gasteiger charge is 2.25. The van der Waals surface area contributed by atoms with E-state index >= 15 is 0 Å². The van der Waals surface area contributed by atoms with E-state index in [0.717, 1.165) is 75.6 Å². The van der Waals surface area contributed by atoms with Crippen LogP contribution in [0, 0.1) is 0 Å². The minimum Gasteiger partial charge on any atom is -0.748 e. The number of unbranched alkanes of at least 4 members (excludes halogenated alkanes) is 10. The van der Waals surface area contributed by atoms with Gasteiger partial charge in [0.05, 0.1) is 0 Å². The predicted octanol–water partition coefficient (Wildman–Crippen LogP) is 6.61. The Morgan fingerprint density at radius 2 is 1.08 bits per heavy atom. The third-order valence-electron chi connectivity index (χ3n) is 9.39. The molecule has 2 atom stereocenters. The van der Waals surface area contributed by atoms with Crippen molar-refractivity contribution in [3.63, 3.8) is 0 Å². The first-order chi connectivity index (χ1) is 23.5. The van der Waals surface area contributed by atoms with Gasteiger partial charge in [0.15, 0.2) is 25.5 Å². The van der Waals surface area contributed by atoms with Gasteiger partial charge >= 0.3 is 0 Å². The molecule has 274 valence electrons. The molecular formula is C38H58N2O7S2. The first-order valence-electron chi connectivity index (χ1n) is 18.4. The summed E-state index contributed by atoms with van der Waals surface area (Å²) >= 11 is 0. The molecule has 0 radical (unpaired) electrons. The fourth-order valence-electron chi connectivity index (χ4n) is 6.61. The van der Waals surface area contributed by atoms with Gasteiger partial charge in [-0.3, -0.25) is 4.18 Å². The Labute approximate surface area is 296 Å². The van der Waals surface area contributed by atoms with Crippen LogP contribution in [-0.4, -0.2) is 85.1 Å². The van der Waals surface area contributed by atoms with Crippen molar-refractivity contribution in [3.8, 4) is 0 Å². The van der Waals surface area contributed by atoms with Gasteiger partial charge in [0.25, 0.3) is 0 Å². The summed E-state index contributed by atoms with van der Waals surface area (Å²) in [6, 6.07) is 16.3. The number of rotatable bonds is 21. The van der Waals surface area contributed by atoms with Crippen LogP contribution in [0.4, 0.5) is 0 Å². The molecule has 0 amide bonds. The number of nitrogens with zero attached hydrogens (tertiary/aromatic N) is 2. The quantitative estimate of drug-likeness (QED) is 0.0615. The van der Waals surface area contributed by atoms with Crippen molar-refractivity contribution < 1.29 is 39.3 Å². The lowest BCUT2D eigenvalue weighted by Crippen LogP contribution is -2.35. The Hall–Kier alpha value is -2.44. The average Bonchev–Trinajstić information content (AvgIpc) is 3.06. The Morgan fingerprint density at radius 1 is 0.633 bits per heavy atom. The van der Waals surface area contributed by atoms with Gasteiger partial charge in [-0.15, -0.1) is 0 Å². The van der Waals surface area contributed by atoms with Gasteiger partial charge in [-0.05, 0) is 36.1 Å². The smallest absolute Gasteiger partial charge is 0.218 e. The average molecular weight is 719 g/mol. The van der Waals surface area contributed by atoms with Crippen LogP contribution in [0.3, 0.4) is 0 Å². The molecule has 0 saturated carbocycles. The summed E-state index contributed by atoms with van der Waals surface area (Å²) in [6.07, 6.45) is 19.6. The van der Waals surface area contributed by atoms with Gasteiger partial charge in [0.2, 0.25) is 10.4 Å². The van der Waals surface area contributed by atoms with Crippen molar-refractivity contribution in [2.45, 2.75) is 128 Å². The van der Waals surface area contributed by atoms with E-state index in [1.807, 2.05) is 47.3 Å². The van der Waals surface area contributed by atoms with Crippen molar-refractivity contribution in [1.29, 1.82) is 0 Å². The van der Waals surface area contributed by atoms with Crippen LogP contribution < -0.4 is 0 Å². The first-order valence-corrected chi connectivity index (χ1v) is 21.2. The number of hydrogen-bond acceptors (Lipinski definition) is 7. The normalized spacial score (nSPS) is 15.6. The monoisotopic (exact) mass is 718 g/mol. The highest BCUT2D eigenvalue weighted by molar-refractivity contribution is 7.86. The maximum atomic E-state index is 11.6. The molecule has 0 bridgehead atoms. The van der Waals surface area contributed by atoms with E-state index in [0.29, 0.717) is 25.9 Å². The van der Waals surface area contributed by atoms with Gasteiger partial charge in [0, 0.05) is 24.0 Å². The van der Waals surface area contributed by atoms with Crippen LogP contribution in [0.5, 0.6) is 0 Å². The molecule has 2 unspecified atom stereocenters. The molecular weight excluding hydrogens is 661 g/mol. The second-order valence-corrected chi connectivity index (χ2v) is 16.2. The first kappa shape index (κ1) is 41.0. The molecule has 0 spiro atoms. The standard InChI is InChI=1S/C19H29NO4S.C19H29NO3S/c1-2-3-4-5-6-7-12-19(24-25(21,22)23)16-20-14-13-17-10-8-9-11-18(17)15-20;1-2-3-4-5-6-7-12-19(24(21,22)23)16-20-14-13-17-10-8-9-11-18(17)15-20/h8-11,15,19H,2-7,12-14,16H2,1H3;8-11,15,19H,2-7,12-14,16H2,1H3. The Balaban J connectivity index is 0.000000266. The minimum absolute atomic E-state index is 0.315. The van der Waals surface area contributed by atoms with Crippen molar-refractivity contribution in [2.24, 2.45) is 0 Å². The molecule has 0 aliphatic carbocycles. The molecule has 2 aliphatic rings. The molecule has 0 N–H and O–H groups in total.